The van der Waals surface area contributed by atoms with Crippen LogP contribution in [-0.2, 0) is 20.1 Å². The van der Waals surface area contributed by atoms with Gasteiger partial charge in [0.25, 0.3) is 5.56 Å². The third-order valence-corrected chi connectivity index (χ3v) is 5.81. The molecule has 0 fully saturated rings. The minimum atomic E-state index is -0.355. The van der Waals surface area contributed by atoms with E-state index in [1.165, 1.54) is 14.7 Å². The standard InChI is InChI=1S/C23H23N5O2/c1-15-4-8-17(9-5-15)14-28-21(29)19-20(25(3)23(28)30)24-22-26(12-13-27(19)22)18-10-6-16(2)7-11-18/h4-11H,12-14H2,1-3H3. The molecule has 7 nitrogen and oxygen atoms in total. The highest BCUT2D eigenvalue weighted by Gasteiger charge is 2.28. The van der Waals surface area contributed by atoms with Gasteiger partial charge in [-0.05, 0) is 31.5 Å². The fourth-order valence-corrected chi connectivity index (χ4v) is 4.06. The van der Waals surface area contributed by atoms with Crippen molar-refractivity contribution in [3.63, 3.8) is 0 Å². The van der Waals surface area contributed by atoms with E-state index in [1.807, 2.05) is 35.8 Å². The Balaban J connectivity index is 1.66. The van der Waals surface area contributed by atoms with Crippen LogP contribution in [0.3, 0.4) is 0 Å². The normalized spacial score (nSPS) is 13.2. The van der Waals surface area contributed by atoms with Gasteiger partial charge in [0.05, 0.1) is 6.54 Å². The topological polar surface area (TPSA) is 65.1 Å². The first-order valence-electron chi connectivity index (χ1n) is 10.0. The predicted octanol–water partition coefficient (Wildman–Crippen LogP) is 2.71. The van der Waals surface area contributed by atoms with Gasteiger partial charge in [0.1, 0.15) is 0 Å². The first-order chi connectivity index (χ1) is 14.4. The van der Waals surface area contributed by atoms with Crippen molar-refractivity contribution in [1.82, 2.24) is 18.7 Å². The summed E-state index contributed by atoms with van der Waals surface area (Å²) in [7, 11) is 1.68. The number of benzene rings is 2. The Morgan fingerprint density at radius 1 is 0.900 bits per heavy atom. The number of fused-ring (bicyclic) bond motifs is 3. The molecule has 0 saturated heterocycles. The Kier molecular flexibility index (Phi) is 4.13. The summed E-state index contributed by atoms with van der Waals surface area (Å²) in [5.41, 5.74) is 4.53. The van der Waals surface area contributed by atoms with Crippen LogP contribution in [0, 0.1) is 13.8 Å². The van der Waals surface area contributed by atoms with E-state index < -0.39 is 0 Å². The van der Waals surface area contributed by atoms with Gasteiger partial charge in [-0.15, -0.1) is 0 Å². The van der Waals surface area contributed by atoms with Gasteiger partial charge in [-0.25, -0.2) is 4.79 Å². The molecule has 4 aromatic rings. The van der Waals surface area contributed by atoms with Crippen LogP contribution < -0.4 is 16.1 Å². The van der Waals surface area contributed by atoms with Crippen molar-refractivity contribution in [1.29, 1.82) is 0 Å². The average Bonchev–Trinajstić information content (AvgIpc) is 3.31. The van der Waals surface area contributed by atoms with Crippen LogP contribution in [0.2, 0.25) is 0 Å². The Morgan fingerprint density at radius 2 is 1.53 bits per heavy atom. The summed E-state index contributed by atoms with van der Waals surface area (Å²) < 4.78 is 4.71. The van der Waals surface area contributed by atoms with E-state index >= 15 is 0 Å². The molecule has 0 unspecified atom stereocenters. The Bertz CT molecular complexity index is 1380. The third kappa shape index (κ3) is 2.77. The van der Waals surface area contributed by atoms with Crippen LogP contribution in [0.1, 0.15) is 16.7 Å². The monoisotopic (exact) mass is 401 g/mol. The lowest BCUT2D eigenvalue weighted by atomic mass is 10.1. The van der Waals surface area contributed by atoms with E-state index in [0.29, 0.717) is 23.7 Å². The molecule has 1 aliphatic heterocycles. The number of anilines is 2. The number of rotatable bonds is 3. The zero-order valence-electron chi connectivity index (χ0n) is 17.3. The summed E-state index contributed by atoms with van der Waals surface area (Å²) in [5.74, 6) is 0.703. The molecule has 7 heteroatoms. The molecular formula is C23H23N5O2. The highest BCUT2D eigenvalue weighted by Crippen LogP contribution is 2.31. The summed E-state index contributed by atoms with van der Waals surface area (Å²) in [6.45, 7) is 5.69. The van der Waals surface area contributed by atoms with Crippen LogP contribution in [0.4, 0.5) is 11.6 Å². The Morgan fingerprint density at radius 3 is 2.20 bits per heavy atom. The van der Waals surface area contributed by atoms with E-state index in [0.717, 1.165) is 23.4 Å². The predicted molar refractivity (Wildman–Crippen MR) is 118 cm³/mol. The second-order valence-corrected chi connectivity index (χ2v) is 7.94. The van der Waals surface area contributed by atoms with Crippen molar-refractivity contribution in [3.05, 3.63) is 86.1 Å². The molecule has 3 heterocycles. The Hall–Kier alpha value is -3.61. The molecule has 0 aliphatic carbocycles. The number of imidazole rings is 1. The highest BCUT2D eigenvalue weighted by molar-refractivity contribution is 5.77. The lowest BCUT2D eigenvalue weighted by Gasteiger charge is -2.16. The van der Waals surface area contributed by atoms with Crippen molar-refractivity contribution in [3.8, 4) is 0 Å². The second-order valence-electron chi connectivity index (χ2n) is 7.94. The van der Waals surface area contributed by atoms with Gasteiger partial charge >= 0.3 is 5.69 Å². The molecule has 0 radical (unpaired) electrons. The maximum atomic E-state index is 13.4. The summed E-state index contributed by atoms with van der Waals surface area (Å²) in [4.78, 5) is 33.1. The SMILES string of the molecule is Cc1ccc(Cn2c(=O)c3c(nc4n3CCN4c3ccc(C)cc3)n(C)c2=O)cc1. The summed E-state index contributed by atoms with van der Waals surface area (Å²) in [5, 5.41) is 0. The smallest absolute Gasteiger partial charge is 0.310 e. The fraction of sp³-hybridized carbons (Fsp3) is 0.261. The van der Waals surface area contributed by atoms with Crippen LogP contribution >= 0.6 is 0 Å². The maximum absolute atomic E-state index is 13.4. The van der Waals surface area contributed by atoms with E-state index in [9.17, 15) is 9.59 Å². The molecule has 0 spiro atoms. The molecule has 152 valence electrons. The van der Waals surface area contributed by atoms with Gasteiger partial charge < -0.3 is 9.47 Å². The molecule has 0 N–H and O–H groups in total. The average molecular weight is 401 g/mol. The van der Waals surface area contributed by atoms with Crippen LogP contribution in [0.5, 0.6) is 0 Å². The summed E-state index contributed by atoms with van der Waals surface area (Å²) in [6, 6.07) is 16.1. The van der Waals surface area contributed by atoms with Crippen molar-refractivity contribution in [2.24, 2.45) is 7.05 Å². The van der Waals surface area contributed by atoms with Crippen molar-refractivity contribution in [2.45, 2.75) is 26.9 Å². The molecule has 0 amide bonds. The van der Waals surface area contributed by atoms with E-state index in [-0.39, 0.29) is 17.8 Å². The van der Waals surface area contributed by atoms with Crippen LogP contribution in [0.15, 0.2) is 58.1 Å². The van der Waals surface area contributed by atoms with E-state index in [1.54, 1.807) is 7.05 Å². The number of hydrogen-bond donors (Lipinski definition) is 0. The molecule has 2 aromatic carbocycles. The van der Waals surface area contributed by atoms with Crippen molar-refractivity contribution >= 4 is 22.8 Å². The zero-order valence-corrected chi connectivity index (χ0v) is 17.3. The Labute approximate surface area is 173 Å². The molecular weight excluding hydrogens is 378 g/mol. The molecule has 30 heavy (non-hydrogen) atoms. The minimum absolute atomic E-state index is 0.240. The zero-order chi connectivity index (χ0) is 21.0. The maximum Gasteiger partial charge on any atom is 0.332 e. The van der Waals surface area contributed by atoms with Gasteiger partial charge in [0.15, 0.2) is 11.2 Å². The second kappa shape index (κ2) is 6.73. The molecule has 2 aromatic heterocycles. The molecule has 5 rings (SSSR count). The van der Waals surface area contributed by atoms with Gasteiger partial charge in [-0.3, -0.25) is 13.9 Å². The number of hydrogen-bond acceptors (Lipinski definition) is 4. The minimum Gasteiger partial charge on any atom is -0.310 e. The van der Waals surface area contributed by atoms with Gasteiger partial charge in [0, 0.05) is 25.8 Å². The largest absolute Gasteiger partial charge is 0.332 e. The first kappa shape index (κ1) is 18.4. The molecule has 0 atom stereocenters. The van der Waals surface area contributed by atoms with Gasteiger partial charge in [-0.1, -0.05) is 47.5 Å². The summed E-state index contributed by atoms with van der Waals surface area (Å²) in [6.07, 6.45) is 0. The first-order valence-corrected chi connectivity index (χ1v) is 10.0. The van der Waals surface area contributed by atoms with Crippen LogP contribution in [0.25, 0.3) is 11.2 Å². The van der Waals surface area contributed by atoms with E-state index in [2.05, 4.69) is 36.1 Å². The van der Waals surface area contributed by atoms with Crippen molar-refractivity contribution < 1.29 is 0 Å². The molecule has 0 bridgehead atoms. The fourth-order valence-electron chi connectivity index (χ4n) is 4.06. The number of aryl methyl sites for hydroxylation is 3. The molecule has 0 saturated carbocycles. The quantitative estimate of drug-likeness (QED) is 0.530. The third-order valence-electron chi connectivity index (χ3n) is 5.81. The highest BCUT2D eigenvalue weighted by atomic mass is 16.2. The number of nitrogens with zero attached hydrogens (tertiary/aromatic N) is 5. The van der Waals surface area contributed by atoms with Gasteiger partial charge in [-0.2, -0.15) is 4.98 Å². The van der Waals surface area contributed by atoms with Gasteiger partial charge in [0.2, 0.25) is 5.95 Å². The summed E-state index contributed by atoms with van der Waals surface area (Å²) >= 11 is 0. The molecule has 1 aliphatic rings. The number of aromatic nitrogens is 4. The lowest BCUT2D eigenvalue weighted by molar-refractivity contribution is 0.652. The lowest BCUT2D eigenvalue weighted by Crippen LogP contribution is -2.40. The van der Waals surface area contributed by atoms with Crippen LogP contribution in [-0.4, -0.2) is 25.2 Å². The van der Waals surface area contributed by atoms with E-state index in [4.69, 9.17) is 4.98 Å². The van der Waals surface area contributed by atoms with Crippen molar-refractivity contribution in [2.75, 3.05) is 11.4 Å².